The van der Waals surface area contributed by atoms with E-state index in [9.17, 15) is 4.79 Å². The van der Waals surface area contributed by atoms with Crippen LogP contribution in [0.2, 0.25) is 0 Å². The number of carbonyl (C=O) groups excluding carboxylic acids is 1. The van der Waals surface area contributed by atoms with Crippen molar-refractivity contribution in [2.75, 3.05) is 13.2 Å². The molecule has 5 heteroatoms. The molecular formula is C15H21N3O2. The third-order valence-electron chi connectivity index (χ3n) is 3.55. The standard InChI is InChI=1S/C15H21N3O2/c1-3-12(6-7-19)8-17-15(20)13-9-16-14-5-4-11(2)10-18(13)14/h4-5,9-10,12,19H,3,6-8H2,1-2H3,(H,17,20). The van der Waals surface area contributed by atoms with Crippen LogP contribution in [0.3, 0.4) is 0 Å². The highest BCUT2D eigenvalue weighted by Gasteiger charge is 2.13. The largest absolute Gasteiger partial charge is 0.396 e. The summed E-state index contributed by atoms with van der Waals surface area (Å²) in [5.74, 6) is 0.185. The van der Waals surface area contributed by atoms with Crippen LogP contribution >= 0.6 is 0 Å². The number of nitrogens with zero attached hydrogens (tertiary/aromatic N) is 2. The van der Waals surface area contributed by atoms with E-state index < -0.39 is 0 Å². The van der Waals surface area contributed by atoms with Crippen LogP contribution in [0.5, 0.6) is 0 Å². The first-order valence-electron chi connectivity index (χ1n) is 6.98. The summed E-state index contributed by atoms with van der Waals surface area (Å²) < 4.78 is 1.80. The van der Waals surface area contributed by atoms with Gasteiger partial charge in [-0.25, -0.2) is 4.98 Å². The number of amides is 1. The zero-order valence-corrected chi connectivity index (χ0v) is 12.0. The summed E-state index contributed by atoms with van der Waals surface area (Å²) in [4.78, 5) is 16.4. The summed E-state index contributed by atoms with van der Waals surface area (Å²) >= 11 is 0. The van der Waals surface area contributed by atoms with E-state index >= 15 is 0 Å². The summed E-state index contributed by atoms with van der Waals surface area (Å²) in [6.45, 7) is 4.78. The summed E-state index contributed by atoms with van der Waals surface area (Å²) in [5, 5.41) is 11.9. The fourth-order valence-corrected chi connectivity index (χ4v) is 2.22. The first-order chi connectivity index (χ1) is 9.65. The van der Waals surface area contributed by atoms with Crippen molar-refractivity contribution in [2.45, 2.75) is 26.7 Å². The highest BCUT2D eigenvalue weighted by molar-refractivity contribution is 5.93. The molecule has 2 aromatic heterocycles. The SMILES string of the molecule is CCC(CCO)CNC(=O)c1cnc2ccc(C)cn12. The molecule has 0 aliphatic heterocycles. The van der Waals surface area contributed by atoms with Gasteiger partial charge >= 0.3 is 0 Å². The van der Waals surface area contributed by atoms with Gasteiger partial charge in [-0.15, -0.1) is 0 Å². The summed E-state index contributed by atoms with van der Waals surface area (Å²) in [7, 11) is 0. The minimum Gasteiger partial charge on any atom is -0.396 e. The lowest BCUT2D eigenvalue weighted by Gasteiger charge is -2.14. The second kappa shape index (κ2) is 6.52. The Kier molecular flexibility index (Phi) is 4.74. The number of hydrogen-bond donors (Lipinski definition) is 2. The number of aryl methyl sites for hydroxylation is 1. The molecule has 20 heavy (non-hydrogen) atoms. The fraction of sp³-hybridized carbons (Fsp3) is 0.467. The van der Waals surface area contributed by atoms with E-state index in [-0.39, 0.29) is 12.5 Å². The van der Waals surface area contributed by atoms with Gasteiger partial charge in [0.1, 0.15) is 11.3 Å². The van der Waals surface area contributed by atoms with Gasteiger partial charge in [-0.1, -0.05) is 19.4 Å². The highest BCUT2D eigenvalue weighted by Crippen LogP contribution is 2.10. The van der Waals surface area contributed by atoms with Gasteiger partial charge in [0.15, 0.2) is 0 Å². The normalized spacial score (nSPS) is 12.6. The van der Waals surface area contributed by atoms with Gasteiger partial charge in [-0.05, 0) is 30.9 Å². The average Bonchev–Trinajstić information content (AvgIpc) is 2.86. The Morgan fingerprint density at radius 3 is 3.00 bits per heavy atom. The Hall–Kier alpha value is -1.88. The molecule has 0 saturated carbocycles. The van der Waals surface area contributed by atoms with Gasteiger partial charge in [0.25, 0.3) is 5.91 Å². The zero-order valence-electron chi connectivity index (χ0n) is 12.0. The first kappa shape index (κ1) is 14.5. The molecule has 0 aromatic carbocycles. The maximum atomic E-state index is 12.2. The maximum absolute atomic E-state index is 12.2. The van der Waals surface area contributed by atoms with Crippen molar-refractivity contribution in [1.29, 1.82) is 0 Å². The van der Waals surface area contributed by atoms with Crippen molar-refractivity contribution in [3.8, 4) is 0 Å². The van der Waals surface area contributed by atoms with Gasteiger partial charge in [0.05, 0.1) is 6.20 Å². The number of imidazole rings is 1. The predicted molar refractivity (Wildman–Crippen MR) is 77.7 cm³/mol. The molecule has 0 spiro atoms. The number of carbonyl (C=O) groups is 1. The van der Waals surface area contributed by atoms with Crippen LogP contribution in [-0.2, 0) is 0 Å². The van der Waals surface area contributed by atoms with Gasteiger partial charge in [0, 0.05) is 19.3 Å². The Balaban J connectivity index is 2.09. The number of aromatic nitrogens is 2. The van der Waals surface area contributed by atoms with Crippen molar-refractivity contribution in [3.63, 3.8) is 0 Å². The van der Waals surface area contributed by atoms with Gasteiger partial charge in [0.2, 0.25) is 0 Å². The van der Waals surface area contributed by atoms with Crippen LogP contribution in [0.15, 0.2) is 24.5 Å². The molecular weight excluding hydrogens is 254 g/mol. The van der Waals surface area contributed by atoms with E-state index in [2.05, 4.69) is 17.2 Å². The minimum atomic E-state index is -0.125. The van der Waals surface area contributed by atoms with Crippen LogP contribution in [0.4, 0.5) is 0 Å². The molecule has 2 heterocycles. The monoisotopic (exact) mass is 275 g/mol. The molecule has 2 N–H and O–H groups in total. The Labute approximate surface area is 118 Å². The fourth-order valence-electron chi connectivity index (χ4n) is 2.22. The Morgan fingerprint density at radius 2 is 2.30 bits per heavy atom. The molecule has 0 aliphatic carbocycles. The van der Waals surface area contributed by atoms with Crippen molar-refractivity contribution in [1.82, 2.24) is 14.7 Å². The summed E-state index contributed by atoms with van der Waals surface area (Å²) in [5.41, 5.74) is 2.39. The van der Waals surface area contributed by atoms with Crippen LogP contribution in [0, 0.1) is 12.8 Å². The van der Waals surface area contributed by atoms with Gasteiger partial charge in [-0.3, -0.25) is 9.20 Å². The smallest absolute Gasteiger partial charge is 0.269 e. The topological polar surface area (TPSA) is 66.6 Å². The van der Waals surface area contributed by atoms with Crippen LogP contribution < -0.4 is 5.32 Å². The molecule has 108 valence electrons. The molecule has 0 fully saturated rings. The number of aliphatic hydroxyl groups excluding tert-OH is 1. The lowest BCUT2D eigenvalue weighted by Crippen LogP contribution is -2.30. The number of aliphatic hydroxyl groups is 1. The second-order valence-corrected chi connectivity index (χ2v) is 5.07. The van der Waals surface area contributed by atoms with Crippen molar-refractivity contribution < 1.29 is 9.90 Å². The molecule has 1 atom stereocenters. The number of pyridine rings is 1. The minimum absolute atomic E-state index is 0.125. The second-order valence-electron chi connectivity index (χ2n) is 5.07. The van der Waals surface area contributed by atoms with E-state index in [4.69, 9.17) is 5.11 Å². The lowest BCUT2D eigenvalue weighted by atomic mass is 10.0. The van der Waals surface area contributed by atoms with E-state index in [1.54, 1.807) is 10.6 Å². The molecule has 0 saturated heterocycles. The number of fused-ring (bicyclic) bond motifs is 1. The third-order valence-corrected chi connectivity index (χ3v) is 3.55. The summed E-state index contributed by atoms with van der Waals surface area (Å²) in [6.07, 6.45) is 5.15. The molecule has 0 radical (unpaired) electrons. The van der Waals surface area contributed by atoms with Crippen LogP contribution in [0.25, 0.3) is 5.65 Å². The van der Waals surface area contributed by atoms with Crippen molar-refractivity contribution in [2.24, 2.45) is 5.92 Å². The molecule has 2 aromatic rings. The Morgan fingerprint density at radius 1 is 1.50 bits per heavy atom. The van der Waals surface area contributed by atoms with Gasteiger partial charge < -0.3 is 10.4 Å². The molecule has 2 rings (SSSR count). The molecule has 0 bridgehead atoms. The number of rotatable bonds is 6. The molecule has 5 nitrogen and oxygen atoms in total. The highest BCUT2D eigenvalue weighted by atomic mass is 16.3. The van der Waals surface area contributed by atoms with Crippen molar-refractivity contribution >= 4 is 11.6 Å². The van der Waals surface area contributed by atoms with Crippen LogP contribution in [-0.4, -0.2) is 33.6 Å². The number of hydrogen-bond acceptors (Lipinski definition) is 3. The predicted octanol–water partition coefficient (Wildman–Crippen LogP) is 1.78. The first-order valence-corrected chi connectivity index (χ1v) is 6.98. The molecule has 1 amide bonds. The van der Waals surface area contributed by atoms with E-state index in [0.29, 0.717) is 24.6 Å². The molecule has 1 unspecified atom stereocenters. The van der Waals surface area contributed by atoms with E-state index in [0.717, 1.165) is 17.6 Å². The lowest BCUT2D eigenvalue weighted by molar-refractivity contribution is 0.0937. The zero-order chi connectivity index (χ0) is 14.5. The van der Waals surface area contributed by atoms with Crippen LogP contribution in [0.1, 0.15) is 35.8 Å². The van der Waals surface area contributed by atoms with E-state index in [1.807, 2.05) is 25.3 Å². The maximum Gasteiger partial charge on any atom is 0.269 e. The quantitative estimate of drug-likeness (QED) is 0.844. The summed E-state index contributed by atoms with van der Waals surface area (Å²) in [6, 6.07) is 3.87. The average molecular weight is 275 g/mol. The van der Waals surface area contributed by atoms with Crippen molar-refractivity contribution in [3.05, 3.63) is 35.8 Å². The van der Waals surface area contributed by atoms with E-state index in [1.165, 1.54) is 0 Å². The Bertz CT molecular complexity index is 592. The van der Waals surface area contributed by atoms with Gasteiger partial charge in [-0.2, -0.15) is 0 Å². The molecule has 0 aliphatic rings. The third kappa shape index (κ3) is 3.17. The number of nitrogens with one attached hydrogen (secondary N) is 1.